The van der Waals surface area contributed by atoms with Crippen molar-refractivity contribution >= 4 is 16.0 Å². The topological polar surface area (TPSA) is 97.0 Å². The summed E-state index contributed by atoms with van der Waals surface area (Å²) < 4.78 is 36.6. The molecule has 7 nitrogen and oxygen atoms in total. The average molecular weight is 317 g/mol. The van der Waals surface area contributed by atoms with E-state index < -0.39 is 16.0 Å². The monoisotopic (exact) mass is 317 g/mol. The van der Waals surface area contributed by atoms with Crippen LogP contribution < -0.4 is 0 Å². The van der Waals surface area contributed by atoms with Gasteiger partial charge in [0.05, 0.1) is 0 Å². The molecule has 1 aliphatic heterocycles. The van der Waals surface area contributed by atoms with Gasteiger partial charge in [-0.25, -0.2) is 13.2 Å². The van der Waals surface area contributed by atoms with E-state index in [0.29, 0.717) is 25.6 Å². The highest BCUT2D eigenvalue weighted by atomic mass is 32.2. The number of rotatable bonds is 5. The number of nitrogens with zero attached hydrogens (tertiary/aromatic N) is 1. The Morgan fingerprint density at radius 1 is 1.48 bits per heavy atom. The largest absolute Gasteiger partial charge is 0.475 e. The molecule has 1 aliphatic rings. The standard InChI is InChI=1S/C13H19NO6S/c1-9-12(7-11(20-9)13(15)16)21(17,18)14-5-3-10(4-6-14)8-19-2/h7,10H,3-6,8H2,1-2H3,(H,15,16). The first-order valence-electron chi connectivity index (χ1n) is 6.69. The average Bonchev–Trinajstić information content (AvgIpc) is 2.83. The molecule has 0 radical (unpaired) electrons. The Morgan fingerprint density at radius 2 is 2.10 bits per heavy atom. The molecular weight excluding hydrogens is 298 g/mol. The van der Waals surface area contributed by atoms with Crippen LogP contribution in [-0.2, 0) is 14.8 Å². The lowest BCUT2D eigenvalue weighted by atomic mass is 9.99. The number of aromatic carboxylic acids is 1. The first-order valence-corrected chi connectivity index (χ1v) is 8.13. The van der Waals surface area contributed by atoms with Crippen molar-refractivity contribution in [2.75, 3.05) is 26.8 Å². The molecule has 8 heteroatoms. The third kappa shape index (κ3) is 3.28. The summed E-state index contributed by atoms with van der Waals surface area (Å²) in [6.07, 6.45) is 1.46. The van der Waals surface area contributed by atoms with Gasteiger partial charge >= 0.3 is 5.97 Å². The van der Waals surface area contributed by atoms with Crippen LogP contribution in [0.25, 0.3) is 0 Å². The number of carbonyl (C=O) groups is 1. The Labute approximate surface area is 123 Å². The van der Waals surface area contributed by atoms with Crippen LogP contribution >= 0.6 is 0 Å². The first-order chi connectivity index (χ1) is 9.86. The number of hydrogen-bond acceptors (Lipinski definition) is 5. The fourth-order valence-corrected chi connectivity index (χ4v) is 4.15. The van der Waals surface area contributed by atoms with Crippen molar-refractivity contribution in [1.82, 2.24) is 4.31 Å². The summed E-state index contributed by atoms with van der Waals surface area (Å²) in [5.41, 5.74) is 0. The molecule has 1 aromatic heterocycles. The summed E-state index contributed by atoms with van der Waals surface area (Å²) in [7, 11) is -2.08. The molecule has 0 bridgehead atoms. The molecular formula is C13H19NO6S. The summed E-state index contributed by atoms with van der Waals surface area (Å²) in [6.45, 7) is 2.89. The maximum atomic E-state index is 12.6. The summed E-state index contributed by atoms with van der Waals surface area (Å²) in [4.78, 5) is 10.8. The van der Waals surface area contributed by atoms with Crippen LogP contribution in [0.15, 0.2) is 15.4 Å². The van der Waals surface area contributed by atoms with Gasteiger partial charge in [0.15, 0.2) is 0 Å². The summed E-state index contributed by atoms with van der Waals surface area (Å²) in [6, 6.07) is 1.08. The van der Waals surface area contributed by atoms with Crippen molar-refractivity contribution in [2.24, 2.45) is 5.92 Å². The molecule has 0 unspecified atom stereocenters. The van der Waals surface area contributed by atoms with Gasteiger partial charge < -0.3 is 14.3 Å². The highest BCUT2D eigenvalue weighted by molar-refractivity contribution is 7.89. The predicted octanol–water partition coefficient (Wildman–Crippen LogP) is 1.33. The second-order valence-corrected chi connectivity index (χ2v) is 7.05. The minimum Gasteiger partial charge on any atom is -0.475 e. The zero-order chi connectivity index (χ0) is 15.6. The fourth-order valence-electron chi connectivity index (χ4n) is 2.52. The number of carboxylic acids is 1. The zero-order valence-electron chi connectivity index (χ0n) is 12.0. The van der Waals surface area contributed by atoms with Crippen molar-refractivity contribution in [3.05, 3.63) is 17.6 Å². The normalized spacial score (nSPS) is 18.0. The molecule has 0 atom stereocenters. The van der Waals surface area contributed by atoms with Gasteiger partial charge in [0.25, 0.3) is 0 Å². The molecule has 0 saturated carbocycles. The van der Waals surface area contributed by atoms with Crippen molar-refractivity contribution in [3.63, 3.8) is 0 Å². The minimum absolute atomic E-state index is 0.0647. The van der Waals surface area contributed by atoms with E-state index in [4.69, 9.17) is 14.3 Å². The number of furan rings is 1. The molecule has 1 fully saturated rings. The first kappa shape index (κ1) is 16.0. The van der Waals surface area contributed by atoms with Crippen LogP contribution in [0.2, 0.25) is 0 Å². The van der Waals surface area contributed by atoms with Gasteiger partial charge in [-0.15, -0.1) is 0 Å². The molecule has 0 amide bonds. The lowest BCUT2D eigenvalue weighted by Crippen LogP contribution is -2.39. The summed E-state index contributed by atoms with van der Waals surface area (Å²) in [5, 5.41) is 8.88. The highest BCUT2D eigenvalue weighted by Crippen LogP contribution is 2.27. The van der Waals surface area contributed by atoms with Crippen LogP contribution in [0.5, 0.6) is 0 Å². The second kappa shape index (κ2) is 6.17. The molecule has 2 rings (SSSR count). The Balaban J connectivity index is 2.18. The maximum Gasteiger partial charge on any atom is 0.371 e. The zero-order valence-corrected chi connectivity index (χ0v) is 12.9. The van der Waals surface area contributed by atoms with Crippen LogP contribution in [0.3, 0.4) is 0 Å². The van der Waals surface area contributed by atoms with E-state index in [1.807, 2.05) is 0 Å². The Hall–Kier alpha value is -1.38. The van der Waals surface area contributed by atoms with E-state index in [1.165, 1.54) is 11.2 Å². The van der Waals surface area contributed by atoms with Gasteiger partial charge in [-0.2, -0.15) is 4.31 Å². The van der Waals surface area contributed by atoms with E-state index in [2.05, 4.69) is 0 Å². The SMILES string of the molecule is COCC1CCN(S(=O)(=O)c2cc(C(=O)O)oc2C)CC1. The number of carboxylic acid groups (broad SMARTS) is 1. The number of hydrogen-bond donors (Lipinski definition) is 1. The summed E-state index contributed by atoms with van der Waals surface area (Å²) in [5.74, 6) is -1.17. The van der Waals surface area contributed by atoms with E-state index in [1.54, 1.807) is 7.11 Å². The van der Waals surface area contributed by atoms with E-state index in [9.17, 15) is 13.2 Å². The number of methoxy groups -OCH3 is 1. The number of piperidine rings is 1. The van der Waals surface area contributed by atoms with E-state index >= 15 is 0 Å². The van der Waals surface area contributed by atoms with Crippen molar-refractivity contribution in [1.29, 1.82) is 0 Å². The number of sulfonamides is 1. The molecule has 0 aliphatic carbocycles. The van der Waals surface area contributed by atoms with Gasteiger partial charge in [-0.1, -0.05) is 0 Å². The third-order valence-corrected chi connectivity index (χ3v) is 5.68. The van der Waals surface area contributed by atoms with Crippen LogP contribution in [0.4, 0.5) is 0 Å². The van der Waals surface area contributed by atoms with Gasteiger partial charge in [-0.3, -0.25) is 0 Å². The van der Waals surface area contributed by atoms with Crippen molar-refractivity contribution in [3.8, 4) is 0 Å². The molecule has 1 aromatic rings. The van der Waals surface area contributed by atoms with Crippen molar-refractivity contribution < 1.29 is 27.5 Å². The Morgan fingerprint density at radius 3 is 2.57 bits per heavy atom. The predicted molar refractivity (Wildman–Crippen MR) is 73.8 cm³/mol. The van der Waals surface area contributed by atoms with Gasteiger partial charge in [-0.05, 0) is 25.7 Å². The van der Waals surface area contributed by atoms with E-state index in [-0.39, 0.29) is 16.4 Å². The molecule has 118 valence electrons. The van der Waals surface area contributed by atoms with Crippen LogP contribution in [-0.4, -0.2) is 50.6 Å². The van der Waals surface area contributed by atoms with E-state index in [0.717, 1.165) is 18.9 Å². The molecule has 1 saturated heterocycles. The quantitative estimate of drug-likeness (QED) is 0.880. The second-order valence-electron chi connectivity index (χ2n) is 5.14. The smallest absolute Gasteiger partial charge is 0.371 e. The van der Waals surface area contributed by atoms with Crippen LogP contribution in [0.1, 0.15) is 29.2 Å². The highest BCUT2D eigenvalue weighted by Gasteiger charge is 2.32. The Bertz CT molecular complexity index is 613. The third-order valence-electron chi connectivity index (χ3n) is 3.68. The maximum absolute atomic E-state index is 12.6. The van der Waals surface area contributed by atoms with Gasteiger partial charge in [0.1, 0.15) is 10.7 Å². The molecule has 0 spiro atoms. The molecule has 0 aromatic carbocycles. The molecule has 1 N–H and O–H groups in total. The lowest BCUT2D eigenvalue weighted by Gasteiger charge is -2.30. The van der Waals surface area contributed by atoms with Gasteiger partial charge in [0, 0.05) is 32.9 Å². The lowest BCUT2D eigenvalue weighted by molar-refractivity contribution is 0.0661. The fraction of sp³-hybridized carbons (Fsp3) is 0.615. The number of ether oxygens (including phenoxy) is 1. The number of aryl methyl sites for hydroxylation is 1. The van der Waals surface area contributed by atoms with Gasteiger partial charge in [0.2, 0.25) is 15.8 Å². The molecule has 21 heavy (non-hydrogen) atoms. The molecule has 2 heterocycles. The summed E-state index contributed by atoms with van der Waals surface area (Å²) >= 11 is 0. The van der Waals surface area contributed by atoms with Crippen LogP contribution in [0, 0.1) is 12.8 Å². The minimum atomic E-state index is -3.71. The Kier molecular flexibility index (Phi) is 4.70. The van der Waals surface area contributed by atoms with Crippen molar-refractivity contribution in [2.45, 2.75) is 24.7 Å².